The van der Waals surface area contributed by atoms with Crippen molar-refractivity contribution < 1.29 is 19.5 Å². The summed E-state index contributed by atoms with van der Waals surface area (Å²) in [7, 11) is 3.64. The summed E-state index contributed by atoms with van der Waals surface area (Å²) >= 11 is 1.66. The number of amides is 1. The molecule has 3 heterocycles. The number of carbonyl (C=O) groups excluding carboxylic acids is 1. The van der Waals surface area contributed by atoms with E-state index < -0.39 is 6.17 Å². The van der Waals surface area contributed by atoms with Gasteiger partial charge in [-0.1, -0.05) is 17.9 Å². The van der Waals surface area contributed by atoms with E-state index in [1.807, 2.05) is 0 Å². The molecule has 1 amide bonds. The van der Waals surface area contributed by atoms with Crippen LogP contribution in [0.4, 0.5) is 5.00 Å². The second kappa shape index (κ2) is 5.68. The molecule has 0 saturated heterocycles. The lowest BCUT2D eigenvalue weighted by molar-refractivity contribution is -0.895. The van der Waals surface area contributed by atoms with E-state index in [4.69, 9.17) is 4.74 Å². The largest absolute Gasteiger partial charge is 0.870 e. The molecule has 1 aromatic carbocycles. The van der Waals surface area contributed by atoms with E-state index >= 15 is 0 Å². The number of ether oxygens (including phenoxy) is 1. The van der Waals surface area contributed by atoms with Gasteiger partial charge in [0.1, 0.15) is 23.5 Å². The van der Waals surface area contributed by atoms with E-state index in [-0.39, 0.29) is 11.7 Å². The number of thiophene rings is 1. The lowest BCUT2D eigenvalue weighted by Gasteiger charge is -2.28. The molecule has 6 nitrogen and oxygen atoms in total. The molecule has 0 spiro atoms. The topological polar surface area (TPSA) is 77.9 Å². The molecule has 2 aromatic rings. The fourth-order valence-electron chi connectivity index (χ4n) is 3.37. The molecule has 2 aliphatic heterocycles. The average molecular weight is 345 g/mol. The number of carbonyl (C=O) groups is 1. The Morgan fingerprint density at radius 3 is 2.96 bits per heavy atom. The van der Waals surface area contributed by atoms with Crippen LogP contribution in [-0.2, 0) is 13.0 Å². The summed E-state index contributed by atoms with van der Waals surface area (Å²) in [6.07, 6.45) is 0.536. The van der Waals surface area contributed by atoms with Crippen LogP contribution < -0.4 is 25.4 Å². The zero-order chi connectivity index (χ0) is 16.8. The predicted molar refractivity (Wildman–Crippen MR) is 89.8 cm³/mol. The molecule has 0 fully saturated rings. The lowest BCUT2D eigenvalue weighted by Crippen LogP contribution is -3.08. The standard InChI is InChI=1S/C17H19N3O3S/c1-20-6-5-10-13(8-20)24-17-14(10)16(22)18-15(19-17)9-3-4-12(23-2)11(21)7-9/h3-4,7,15,19,21H,5-6,8H2,1-2H3,(H,18,22). The van der Waals surface area contributed by atoms with Gasteiger partial charge in [-0.15, -0.1) is 11.3 Å². The maximum absolute atomic E-state index is 12.6. The van der Waals surface area contributed by atoms with Crippen molar-refractivity contribution in [2.24, 2.45) is 0 Å². The van der Waals surface area contributed by atoms with Crippen LogP contribution in [0.1, 0.15) is 32.5 Å². The predicted octanol–water partition coefficient (Wildman–Crippen LogP) is 0.255. The van der Waals surface area contributed by atoms with Crippen LogP contribution in [-0.4, -0.2) is 26.6 Å². The third-order valence-corrected chi connectivity index (χ3v) is 5.82. The van der Waals surface area contributed by atoms with Crippen molar-refractivity contribution in [3.8, 4) is 11.5 Å². The first-order valence-corrected chi connectivity index (χ1v) is 8.76. The Hall–Kier alpha value is -2.25. The van der Waals surface area contributed by atoms with Gasteiger partial charge in [0.15, 0.2) is 0 Å². The number of quaternary nitrogens is 1. The number of benzene rings is 1. The minimum Gasteiger partial charge on any atom is -0.870 e. The Kier molecular flexibility index (Phi) is 3.62. The summed E-state index contributed by atoms with van der Waals surface area (Å²) in [6, 6.07) is 4.95. The maximum Gasteiger partial charge on any atom is 0.256 e. The highest BCUT2D eigenvalue weighted by molar-refractivity contribution is 7.16. The van der Waals surface area contributed by atoms with Crippen molar-refractivity contribution in [2.45, 2.75) is 19.1 Å². The van der Waals surface area contributed by atoms with Crippen LogP contribution in [0.5, 0.6) is 11.5 Å². The molecule has 2 aliphatic rings. The SMILES string of the molecule is COc1ccc(C2NC(=O)c3c(sc4c3CC[NH+](C)C4)N2)cc1[O-]. The summed E-state index contributed by atoms with van der Waals surface area (Å²) in [6.45, 7) is 2.00. The highest BCUT2D eigenvalue weighted by Gasteiger charge is 2.33. The number of rotatable bonds is 2. The van der Waals surface area contributed by atoms with Gasteiger partial charge >= 0.3 is 0 Å². The summed E-state index contributed by atoms with van der Waals surface area (Å²) in [5, 5.41) is 19.2. The zero-order valence-corrected chi connectivity index (χ0v) is 14.4. The van der Waals surface area contributed by atoms with Crippen LogP contribution in [0.3, 0.4) is 0 Å². The normalized spacial score (nSPS) is 22.2. The number of likely N-dealkylation sites (N-methyl/N-ethyl adjacent to an activating group) is 1. The van der Waals surface area contributed by atoms with Gasteiger partial charge in [0.05, 0.1) is 31.1 Å². The summed E-state index contributed by atoms with van der Waals surface area (Å²) in [4.78, 5) is 15.4. The third kappa shape index (κ3) is 2.40. The molecule has 24 heavy (non-hydrogen) atoms. The Balaban J connectivity index is 1.67. The molecular weight excluding hydrogens is 326 g/mol. The minimum atomic E-state index is -0.395. The first-order valence-electron chi connectivity index (χ1n) is 7.95. The Morgan fingerprint density at radius 2 is 2.21 bits per heavy atom. The third-order valence-electron chi connectivity index (χ3n) is 4.65. The first-order chi connectivity index (χ1) is 11.6. The molecule has 2 unspecified atom stereocenters. The average Bonchev–Trinajstić information content (AvgIpc) is 2.92. The van der Waals surface area contributed by atoms with Crippen molar-refractivity contribution in [1.29, 1.82) is 0 Å². The van der Waals surface area contributed by atoms with Crippen molar-refractivity contribution in [3.63, 3.8) is 0 Å². The van der Waals surface area contributed by atoms with E-state index in [0.717, 1.165) is 35.6 Å². The van der Waals surface area contributed by atoms with Crippen LogP contribution in [0.25, 0.3) is 0 Å². The Bertz CT molecular complexity index is 818. The number of hydrogen-bond acceptors (Lipinski definition) is 5. The van der Waals surface area contributed by atoms with Crippen LogP contribution in [0, 0.1) is 0 Å². The van der Waals surface area contributed by atoms with Crippen molar-refractivity contribution in [2.75, 3.05) is 26.0 Å². The molecular formula is C17H19N3O3S. The van der Waals surface area contributed by atoms with E-state index in [2.05, 4.69) is 17.7 Å². The Labute approximate surface area is 144 Å². The number of anilines is 1. The van der Waals surface area contributed by atoms with E-state index in [1.165, 1.54) is 28.5 Å². The molecule has 2 atom stereocenters. The van der Waals surface area contributed by atoms with Crippen LogP contribution in [0.2, 0.25) is 0 Å². The number of fused-ring (bicyclic) bond motifs is 3. The summed E-state index contributed by atoms with van der Waals surface area (Å²) in [5.41, 5.74) is 2.70. The molecule has 126 valence electrons. The molecule has 7 heteroatoms. The molecule has 4 rings (SSSR count). The Morgan fingerprint density at radius 1 is 1.38 bits per heavy atom. The second-order valence-corrected chi connectivity index (χ2v) is 7.41. The van der Waals surface area contributed by atoms with Crippen LogP contribution in [0.15, 0.2) is 18.2 Å². The highest BCUT2D eigenvalue weighted by Crippen LogP contribution is 2.39. The second-order valence-electron chi connectivity index (χ2n) is 6.30. The molecule has 0 aliphatic carbocycles. The molecule has 0 radical (unpaired) electrons. The summed E-state index contributed by atoms with van der Waals surface area (Å²) in [5.74, 6) is 0.0563. The van der Waals surface area contributed by atoms with Crippen LogP contribution >= 0.6 is 11.3 Å². The quantitative estimate of drug-likeness (QED) is 0.729. The first kappa shape index (κ1) is 15.3. The van der Waals surface area contributed by atoms with Gasteiger partial charge in [-0.25, -0.2) is 0 Å². The molecule has 1 aromatic heterocycles. The molecule has 0 saturated carbocycles. The zero-order valence-electron chi connectivity index (χ0n) is 13.6. The monoisotopic (exact) mass is 345 g/mol. The molecule has 3 N–H and O–H groups in total. The van der Waals surface area contributed by atoms with Gasteiger partial charge < -0.3 is 25.4 Å². The van der Waals surface area contributed by atoms with Gasteiger partial charge in [-0.05, 0) is 17.2 Å². The van der Waals surface area contributed by atoms with Gasteiger partial charge in [-0.3, -0.25) is 4.79 Å². The van der Waals surface area contributed by atoms with Crippen molar-refractivity contribution in [3.05, 3.63) is 39.8 Å². The smallest absolute Gasteiger partial charge is 0.256 e. The lowest BCUT2D eigenvalue weighted by atomic mass is 10.0. The fraction of sp³-hybridized carbons (Fsp3) is 0.353. The van der Waals surface area contributed by atoms with E-state index in [0.29, 0.717) is 5.75 Å². The van der Waals surface area contributed by atoms with Gasteiger partial charge in [0.25, 0.3) is 5.91 Å². The van der Waals surface area contributed by atoms with E-state index in [9.17, 15) is 9.90 Å². The number of nitrogens with one attached hydrogen (secondary N) is 3. The van der Waals surface area contributed by atoms with Crippen molar-refractivity contribution in [1.82, 2.24) is 5.32 Å². The molecule has 0 bridgehead atoms. The van der Waals surface area contributed by atoms with Gasteiger partial charge in [0.2, 0.25) is 0 Å². The minimum absolute atomic E-state index is 0.0610. The highest BCUT2D eigenvalue weighted by atomic mass is 32.1. The van der Waals surface area contributed by atoms with Gasteiger partial charge in [0, 0.05) is 6.42 Å². The number of methoxy groups -OCH3 is 1. The number of hydrogen-bond donors (Lipinski definition) is 3. The fourth-order valence-corrected chi connectivity index (χ4v) is 4.76. The summed E-state index contributed by atoms with van der Waals surface area (Å²) < 4.78 is 5.01. The van der Waals surface area contributed by atoms with Gasteiger partial charge in [-0.2, -0.15) is 0 Å². The van der Waals surface area contributed by atoms with Crippen molar-refractivity contribution >= 4 is 22.2 Å². The maximum atomic E-state index is 12.6. The van der Waals surface area contributed by atoms with E-state index in [1.54, 1.807) is 23.5 Å².